The van der Waals surface area contributed by atoms with Gasteiger partial charge in [0.1, 0.15) is 0 Å². The van der Waals surface area contributed by atoms with E-state index in [4.69, 9.17) is 0 Å². The molecule has 4 nitrogen and oxygen atoms in total. The Bertz CT molecular complexity index is 472. The normalized spacial score (nSPS) is 27.2. The summed E-state index contributed by atoms with van der Waals surface area (Å²) < 4.78 is 0. The first kappa shape index (κ1) is 14.0. The molecule has 1 saturated carbocycles. The molecule has 0 radical (unpaired) electrons. The van der Waals surface area contributed by atoms with Crippen LogP contribution in [0.1, 0.15) is 37.3 Å². The van der Waals surface area contributed by atoms with Crippen LogP contribution in [0.2, 0.25) is 0 Å². The summed E-state index contributed by atoms with van der Waals surface area (Å²) in [7, 11) is 0. The lowest BCUT2D eigenvalue weighted by Crippen LogP contribution is -2.29. The maximum atomic E-state index is 10.9. The SMILES string of the molecule is Cc1c(CC2CC(C)CCC2O)cccc1[N+](=O)[O-]. The van der Waals surface area contributed by atoms with E-state index in [9.17, 15) is 15.2 Å². The van der Waals surface area contributed by atoms with Crippen LogP contribution in [0.5, 0.6) is 0 Å². The number of nitrogens with zero attached hydrogens (tertiary/aromatic N) is 1. The Morgan fingerprint density at radius 3 is 2.84 bits per heavy atom. The highest BCUT2D eigenvalue weighted by Gasteiger charge is 2.28. The molecule has 1 aliphatic carbocycles. The molecular weight excluding hydrogens is 242 g/mol. The molecule has 19 heavy (non-hydrogen) atoms. The Balaban J connectivity index is 2.19. The Morgan fingerprint density at radius 1 is 1.42 bits per heavy atom. The van der Waals surface area contributed by atoms with Crippen LogP contribution in [0.15, 0.2) is 18.2 Å². The van der Waals surface area contributed by atoms with Crippen molar-refractivity contribution in [1.29, 1.82) is 0 Å². The number of rotatable bonds is 3. The smallest absolute Gasteiger partial charge is 0.272 e. The summed E-state index contributed by atoms with van der Waals surface area (Å²) >= 11 is 0. The monoisotopic (exact) mass is 263 g/mol. The summed E-state index contributed by atoms with van der Waals surface area (Å²) in [5.74, 6) is 0.858. The molecule has 0 spiro atoms. The molecule has 3 atom stereocenters. The standard InChI is InChI=1S/C15H21NO3/c1-10-6-7-15(17)13(8-10)9-12-4-3-5-14(11(12)2)16(18)19/h3-5,10,13,15,17H,6-9H2,1-2H3. The largest absolute Gasteiger partial charge is 0.393 e. The van der Waals surface area contributed by atoms with Crippen molar-refractivity contribution in [3.63, 3.8) is 0 Å². The van der Waals surface area contributed by atoms with Gasteiger partial charge in [0.25, 0.3) is 5.69 Å². The maximum absolute atomic E-state index is 10.9. The van der Waals surface area contributed by atoms with Crippen molar-refractivity contribution in [3.8, 4) is 0 Å². The summed E-state index contributed by atoms with van der Waals surface area (Å²) in [5, 5.41) is 21.0. The van der Waals surface area contributed by atoms with Crippen molar-refractivity contribution >= 4 is 5.69 Å². The second kappa shape index (κ2) is 5.70. The van der Waals surface area contributed by atoms with Gasteiger partial charge < -0.3 is 5.11 Å². The molecule has 1 fully saturated rings. The zero-order valence-electron chi connectivity index (χ0n) is 11.5. The van der Waals surface area contributed by atoms with Gasteiger partial charge in [-0.3, -0.25) is 10.1 Å². The predicted octanol–water partition coefficient (Wildman–Crippen LogP) is 3.24. The average molecular weight is 263 g/mol. The molecule has 1 N–H and O–H groups in total. The number of aliphatic hydroxyl groups excluding tert-OH is 1. The van der Waals surface area contributed by atoms with Crippen LogP contribution < -0.4 is 0 Å². The highest BCUT2D eigenvalue weighted by atomic mass is 16.6. The van der Waals surface area contributed by atoms with Crippen molar-refractivity contribution in [2.75, 3.05) is 0 Å². The first-order valence-electron chi connectivity index (χ1n) is 6.90. The number of hydrogen-bond acceptors (Lipinski definition) is 3. The molecule has 3 unspecified atom stereocenters. The topological polar surface area (TPSA) is 63.4 Å². The lowest BCUT2D eigenvalue weighted by atomic mass is 9.77. The third kappa shape index (κ3) is 3.13. The van der Waals surface area contributed by atoms with Crippen LogP contribution in [-0.2, 0) is 6.42 Å². The minimum absolute atomic E-state index is 0.177. The van der Waals surface area contributed by atoms with Gasteiger partial charge in [-0.2, -0.15) is 0 Å². The van der Waals surface area contributed by atoms with Crippen LogP contribution in [0.3, 0.4) is 0 Å². The summed E-state index contributed by atoms with van der Waals surface area (Å²) in [4.78, 5) is 10.6. The number of hydrogen-bond donors (Lipinski definition) is 1. The van der Waals surface area contributed by atoms with Crippen molar-refractivity contribution in [2.45, 2.75) is 45.6 Å². The predicted molar refractivity (Wildman–Crippen MR) is 74.0 cm³/mol. The van der Waals surface area contributed by atoms with E-state index in [1.54, 1.807) is 19.1 Å². The minimum Gasteiger partial charge on any atom is -0.393 e. The zero-order chi connectivity index (χ0) is 14.0. The van der Waals surface area contributed by atoms with Crippen molar-refractivity contribution in [3.05, 3.63) is 39.4 Å². The summed E-state index contributed by atoms with van der Waals surface area (Å²) in [6.45, 7) is 4.01. The van der Waals surface area contributed by atoms with Gasteiger partial charge in [0, 0.05) is 11.6 Å². The molecule has 104 valence electrons. The van der Waals surface area contributed by atoms with Gasteiger partial charge >= 0.3 is 0 Å². The van der Waals surface area contributed by atoms with E-state index < -0.39 is 0 Å². The number of nitro benzene ring substituents is 1. The van der Waals surface area contributed by atoms with E-state index in [-0.39, 0.29) is 22.6 Å². The van der Waals surface area contributed by atoms with Crippen LogP contribution in [0.25, 0.3) is 0 Å². The summed E-state index contributed by atoms with van der Waals surface area (Å²) in [6.07, 6.45) is 3.39. The van der Waals surface area contributed by atoms with E-state index in [1.165, 1.54) is 0 Å². The number of nitro groups is 1. The number of aliphatic hydroxyl groups is 1. The molecule has 0 bridgehead atoms. The van der Waals surface area contributed by atoms with Gasteiger partial charge in [-0.15, -0.1) is 0 Å². The van der Waals surface area contributed by atoms with Crippen LogP contribution in [0.4, 0.5) is 5.69 Å². The van der Waals surface area contributed by atoms with E-state index in [0.717, 1.165) is 36.8 Å². The lowest BCUT2D eigenvalue weighted by molar-refractivity contribution is -0.385. The maximum Gasteiger partial charge on any atom is 0.272 e. The first-order chi connectivity index (χ1) is 8.99. The fourth-order valence-corrected chi connectivity index (χ4v) is 3.07. The molecule has 4 heteroatoms. The quantitative estimate of drug-likeness (QED) is 0.672. The van der Waals surface area contributed by atoms with Gasteiger partial charge in [0.2, 0.25) is 0 Å². The van der Waals surface area contributed by atoms with Crippen LogP contribution >= 0.6 is 0 Å². The fourth-order valence-electron chi connectivity index (χ4n) is 3.07. The van der Waals surface area contributed by atoms with Gasteiger partial charge in [0.15, 0.2) is 0 Å². The third-order valence-electron chi connectivity index (χ3n) is 4.30. The van der Waals surface area contributed by atoms with Crippen molar-refractivity contribution in [1.82, 2.24) is 0 Å². The summed E-state index contributed by atoms with van der Waals surface area (Å²) in [6, 6.07) is 5.21. The van der Waals surface area contributed by atoms with Gasteiger partial charge in [-0.25, -0.2) is 0 Å². The van der Waals surface area contributed by atoms with E-state index in [2.05, 4.69) is 6.92 Å². The molecule has 0 saturated heterocycles. The molecule has 1 aromatic rings. The van der Waals surface area contributed by atoms with Gasteiger partial charge in [-0.1, -0.05) is 19.1 Å². The molecule has 0 aliphatic heterocycles. The lowest BCUT2D eigenvalue weighted by Gasteiger charge is -2.32. The number of benzene rings is 1. The molecule has 0 aromatic heterocycles. The molecule has 0 heterocycles. The summed E-state index contributed by atoms with van der Waals surface area (Å²) in [5.41, 5.74) is 1.90. The van der Waals surface area contributed by atoms with E-state index in [1.807, 2.05) is 6.07 Å². The Labute approximate surface area is 113 Å². The minimum atomic E-state index is -0.335. The van der Waals surface area contributed by atoms with Crippen molar-refractivity contribution in [2.24, 2.45) is 11.8 Å². The van der Waals surface area contributed by atoms with Crippen molar-refractivity contribution < 1.29 is 10.0 Å². The molecule has 1 aromatic carbocycles. The second-order valence-corrected chi connectivity index (χ2v) is 5.77. The molecular formula is C15H21NO3. The molecule has 1 aliphatic rings. The second-order valence-electron chi connectivity index (χ2n) is 5.77. The van der Waals surface area contributed by atoms with E-state index >= 15 is 0 Å². The highest BCUT2D eigenvalue weighted by Crippen LogP contribution is 2.33. The fraction of sp³-hybridized carbons (Fsp3) is 0.600. The Kier molecular flexibility index (Phi) is 4.20. The molecule has 2 rings (SSSR count). The molecule has 0 amide bonds. The first-order valence-corrected chi connectivity index (χ1v) is 6.90. The zero-order valence-corrected chi connectivity index (χ0v) is 11.5. The van der Waals surface area contributed by atoms with Gasteiger partial charge in [-0.05, 0) is 50.0 Å². The van der Waals surface area contributed by atoms with Crippen LogP contribution in [0, 0.1) is 28.9 Å². The average Bonchev–Trinajstić information content (AvgIpc) is 2.36. The third-order valence-corrected chi connectivity index (χ3v) is 4.30. The Morgan fingerprint density at radius 2 is 2.16 bits per heavy atom. The van der Waals surface area contributed by atoms with E-state index in [0.29, 0.717) is 5.92 Å². The Hall–Kier alpha value is -1.42. The van der Waals surface area contributed by atoms with Crippen LogP contribution in [-0.4, -0.2) is 16.1 Å². The highest BCUT2D eigenvalue weighted by molar-refractivity contribution is 5.44. The van der Waals surface area contributed by atoms with Gasteiger partial charge in [0.05, 0.1) is 11.0 Å².